The Bertz CT molecular complexity index is 475. The van der Waals surface area contributed by atoms with Gasteiger partial charge in [0.05, 0.1) is 6.54 Å². The maximum Gasteiger partial charge on any atom is 0.284 e. The van der Waals surface area contributed by atoms with Gasteiger partial charge in [-0.1, -0.05) is 19.3 Å². The number of amides is 1. The molecule has 110 valence electrons. The van der Waals surface area contributed by atoms with Gasteiger partial charge in [0.25, 0.3) is 5.91 Å². The lowest BCUT2D eigenvalue weighted by Crippen LogP contribution is -2.43. The van der Waals surface area contributed by atoms with Gasteiger partial charge < -0.3 is 20.8 Å². The summed E-state index contributed by atoms with van der Waals surface area (Å²) in [4.78, 5) is 15.1. The minimum Gasteiger partial charge on any atom is -0.454 e. The van der Waals surface area contributed by atoms with Gasteiger partial charge in [-0.2, -0.15) is 0 Å². The molecule has 0 bridgehead atoms. The van der Waals surface area contributed by atoms with Crippen LogP contribution in [0.25, 0.3) is 0 Å². The van der Waals surface area contributed by atoms with E-state index < -0.39 is 5.91 Å². The Balaban J connectivity index is 1.82. The Morgan fingerprint density at radius 1 is 1.40 bits per heavy atom. The molecule has 1 aliphatic rings. The lowest BCUT2D eigenvalue weighted by atomic mass is 9.96. The lowest BCUT2D eigenvalue weighted by Gasteiger charge is -2.24. The average molecular weight is 278 g/mol. The van der Waals surface area contributed by atoms with Crippen LogP contribution in [-0.4, -0.2) is 25.0 Å². The van der Waals surface area contributed by atoms with Gasteiger partial charge in [0, 0.05) is 13.1 Å². The van der Waals surface area contributed by atoms with Gasteiger partial charge in [0.2, 0.25) is 0 Å². The first-order valence-corrected chi connectivity index (χ1v) is 7.04. The molecule has 6 nitrogen and oxygen atoms in total. The molecule has 4 N–H and O–H groups in total. The largest absolute Gasteiger partial charge is 0.454 e. The molecule has 1 aromatic rings. The van der Waals surface area contributed by atoms with Crippen molar-refractivity contribution in [1.29, 1.82) is 0 Å². The number of hydrogen-bond acceptors (Lipinski definition) is 3. The molecule has 0 atom stereocenters. The van der Waals surface area contributed by atoms with Gasteiger partial charge in [-0.05, 0) is 25.0 Å². The van der Waals surface area contributed by atoms with Gasteiger partial charge >= 0.3 is 0 Å². The molecule has 1 aliphatic carbocycles. The first-order chi connectivity index (χ1) is 9.69. The van der Waals surface area contributed by atoms with Crippen molar-refractivity contribution in [3.05, 3.63) is 23.7 Å². The summed E-state index contributed by atoms with van der Waals surface area (Å²) in [5.74, 6) is 1.04. The Labute approximate surface area is 118 Å². The number of nitrogens with two attached hydrogens (primary N) is 1. The molecular weight excluding hydrogens is 256 g/mol. The summed E-state index contributed by atoms with van der Waals surface area (Å²) >= 11 is 0. The van der Waals surface area contributed by atoms with Crippen LogP contribution in [0.5, 0.6) is 0 Å². The number of aliphatic imine (C=N–C) groups is 1. The smallest absolute Gasteiger partial charge is 0.284 e. The average Bonchev–Trinajstić information content (AvgIpc) is 2.93. The van der Waals surface area contributed by atoms with Crippen molar-refractivity contribution < 1.29 is 9.21 Å². The molecule has 0 radical (unpaired) electrons. The van der Waals surface area contributed by atoms with E-state index in [1.165, 1.54) is 32.1 Å². The Morgan fingerprint density at radius 3 is 2.75 bits per heavy atom. The van der Waals surface area contributed by atoms with Crippen LogP contribution in [0.1, 0.15) is 48.4 Å². The number of rotatable bonds is 4. The van der Waals surface area contributed by atoms with Crippen LogP contribution in [0, 0.1) is 0 Å². The molecule has 0 aliphatic heterocycles. The minimum atomic E-state index is -0.555. The molecule has 2 rings (SSSR count). The van der Waals surface area contributed by atoms with E-state index in [-0.39, 0.29) is 5.76 Å². The van der Waals surface area contributed by atoms with E-state index in [1.54, 1.807) is 19.2 Å². The molecule has 0 spiro atoms. The number of hydrogen-bond donors (Lipinski definition) is 3. The second-order valence-electron chi connectivity index (χ2n) is 5.04. The van der Waals surface area contributed by atoms with Crippen molar-refractivity contribution in [2.24, 2.45) is 10.7 Å². The third-order valence-corrected chi connectivity index (χ3v) is 3.50. The number of carbonyl (C=O) groups excluding carboxylic acids is 1. The molecule has 1 fully saturated rings. The summed E-state index contributed by atoms with van der Waals surface area (Å²) in [6.07, 6.45) is 6.25. The maximum absolute atomic E-state index is 10.9. The number of nitrogens with one attached hydrogen (secondary N) is 2. The fraction of sp³-hybridized carbons (Fsp3) is 0.571. The molecular formula is C14H22N4O2. The Kier molecular flexibility index (Phi) is 5.03. The fourth-order valence-electron chi connectivity index (χ4n) is 2.41. The highest BCUT2D eigenvalue weighted by Gasteiger charge is 2.14. The molecule has 20 heavy (non-hydrogen) atoms. The molecule has 0 aromatic carbocycles. The second-order valence-corrected chi connectivity index (χ2v) is 5.04. The van der Waals surface area contributed by atoms with Crippen LogP contribution in [0.3, 0.4) is 0 Å². The molecule has 1 heterocycles. The number of guanidine groups is 1. The number of furan rings is 1. The standard InChI is InChI=1S/C14H22N4O2/c1-16-14(18-10-5-3-2-4-6-10)17-9-11-7-8-12(20-11)13(15)19/h7-8,10H,2-6,9H2,1H3,(H2,15,19)(H2,16,17,18). The topological polar surface area (TPSA) is 92.6 Å². The van der Waals surface area contributed by atoms with Gasteiger partial charge in [0.15, 0.2) is 11.7 Å². The zero-order chi connectivity index (χ0) is 14.4. The van der Waals surface area contributed by atoms with Gasteiger partial charge in [-0.15, -0.1) is 0 Å². The van der Waals surface area contributed by atoms with Crippen LogP contribution in [0.15, 0.2) is 21.5 Å². The van der Waals surface area contributed by atoms with E-state index in [1.807, 2.05) is 0 Å². The Hall–Kier alpha value is -1.98. The highest BCUT2D eigenvalue weighted by atomic mass is 16.3. The van der Waals surface area contributed by atoms with Crippen LogP contribution < -0.4 is 16.4 Å². The van der Waals surface area contributed by atoms with Crippen molar-refractivity contribution >= 4 is 11.9 Å². The summed E-state index contributed by atoms with van der Waals surface area (Å²) in [5, 5.41) is 6.59. The first-order valence-electron chi connectivity index (χ1n) is 7.04. The lowest BCUT2D eigenvalue weighted by molar-refractivity contribution is 0.0972. The van der Waals surface area contributed by atoms with Crippen LogP contribution in [0.2, 0.25) is 0 Å². The predicted octanol–water partition coefficient (Wildman–Crippen LogP) is 1.38. The maximum atomic E-state index is 10.9. The highest BCUT2D eigenvalue weighted by Crippen LogP contribution is 2.17. The fourth-order valence-corrected chi connectivity index (χ4v) is 2.41. The van der Waals surface area contributed by atoms with Crippen LogP contribution in [-0.2, 0) is 6.54 Å². The van der Waals surface area contributed by atoms with Gasteiger partial charge in [-0.3, -0.25) is 9.79 Å². The summed E-state index contributed by atoms with van der Waals surface area (Å²) in [7, 11) is 1.75. The molecule has 6 heteroatoms. The Morgan fingerprint density at radius 2 is 2.15 bits per heavy atom. The summed E-state index contributed by atoms with van der Waals surface area (Å²) in [5.41, 5.74) is 5.14. The third-order valence-electron chi connectivity index (χ3n) is 3.50. The molecule has 1 aromatic heterocycles. The third kappa shape index (κ3) is 4.01. The normalized spacial score (nSPS) is 16.9. The molecule has 1 amide bonds. The van der Waals surface area contributed by atoms with Crippen molar-refractivity contribution in [2.75, 3.05) is 7.05 Å². The quantitative estimate of drug-likeness (QED) is 0.573. The minimum absolute atomic E-state index is 0.178. The summed E-state index contributed by atoms with van der Waals surface area (Å²) in [6.45, 7) is 0.472. The second kappa shape index (κ2) is 6.98. The zero-order valence-electron chi connectivity index (χ0n) is 11.8. The van der Waals surface area contributed by atoms with Crippen molar-refractivity contribution in [1.82, 2.24) is 10.6 Å². The number of carbonyl (C=O) groups is 1. The van der Waals surface area contributed by atoms with Crippen LogP contribution in [0.4, 0.5) is 0 Å². The van der Waals surface area contributed by atoms with Gasteiger partial charge in [-0.25, -0.2) is 0 Å². The first kappa shape index (κ1) is 14.4. The van der Waals surface area contributed by atoms with Crippen molar-refractivity contribution in [3.8, 4) is 0 Å². The van der Waals surface area contributed by atoms with E-state index in [0.717, 1.165) is 5.96 Å². The zero-order valence-corrected chi connectivity index (χ0v) is 11.8. The van der Waals surface area contributed by atoms with E-state index in [9.17, 15) is 4.79 Å². The SMILES string of the molecule is CN=C(NCc1ccc(C(N)=O)o1)NC1CCCCC1. The molecule has 0 saturated heterocycles. The van der Waals surface area contributed by atoms with Crippen molar-refractivity contribution in [3.63, 3.8) is 0 Å². The summed E-state index contributed by atoms with van der Waals surface area (Å²) in [6, 6.07) is 3.81. The van der Waals surface area contributed by atoms with E-state index in [4.69, 9.17) is 10.2 Å². The van der Waals surface area contributed by atoms with Crippen molar-refractivity contribution in [2.45, 2.75) is 44.7 Å². The number of primary amides is 1. The van der Waals surface area contributed by atoms with E-state index in [2.05, 4.69) is 15.6 Å². The number of nitrogens with zero attached hydrogens (tertiary/aromatic N) is 1. The van der Waals surface area contributed by atoms with Gasteiger partial charge in [0.1, 0.15) is 5.76 Å². The highest BCUT2D eigenvalue weighted by molar-refractivity contribution is 5.89. The van der Waals surface area contributed by atoms with E-state index >= 15 is 0 Å². The van der Waals surface area contributed by atoms with Crippen LogP contribution >= 0.6 is 0 Å². The predicted molar refractivity (Wildman–Crippen MR) is 77.4 cm³/mol. The summed E-state index contributed by atoms with van der Waals surface area (Å²) < 4.78 is 5.31. The molecule has 1 saturated carbocycles. The van der Waals surface area contributed by atoms with E-state index in [0.29, 0.717) is 18.3 Å². The molecule has 0 unspecified atom stereocenters. The monoisotopic (exact) mass is 278 g/mol.